The number of aryl methyl sites for hydroxylation is 1. The summed E-state index contributed by atoms with van der Waals surface area (Å²) in [5.41, 5.74) is 3.79. The van der Waals surface area contributed by atoms with E-state index >= 15 is 0 Å². The second-order valence-corrected chi connectivity index (χ2v) is 5.97. The van der Waals surface area contributed by atoms with Gasteiger partial charge in [0.05, 0.1) is 0 Å². The molecule has 0 radical (unpaired) electrons. The lowest BCUT2D eigenvalue weighted by Crippen LogP contribution is -2.41. The molecule has 1 unspecified atom stereocenters. The standard InChI is InChI=1S/C19H21N3O2/c1-20-18(23)15-7-4-8-16(12-15)21-19(24)22-17-10-9-13-5-2-3-6-14(13)11-17/h2-8,12,17H,9-11H2,1H3,(H,20,23)(H2,21,22,24). The number of hydrogen-bond donors (Lipinski definition) is 3. The van der Waals surface area contributed by atoms with Crippen LogP contribution in [0.5, 0.6) is 0 Å². The van der Waals surface area contributed by atoms with E-state index in [0.717, 1.165) is 19.3 Å². The lowest BCUT2D eigenvalue weighted by atomic mass is 9.88. The Bertz CT molecular complexity index is 758. The van der Waals surface area contributed by atoms with E-state index in [1.165, 1.54) is 11.1 Å². The number of benzene rings is 2. The maximum absolute atomic E-state index is 12.2. The van der Waals surface area contributed by atoms with Crippen molar-refractivity contribution in [2.75, 3.05) is 12.4 Å². The van der Waals surface area contributed by atoms with Crippen LogP contribution in [0.1, 0.15) is 27.9 Å². The number of carbonyl (C=O) groups excluding carboxylic acids is 2. The number of urea groups is 1. The second-order valence-electron chi connectivity index (χ2n) is 5.97. The summed E-state index contributed by atoms with van der Waals surface area (Å²) in [7, 11) is 1.58. The molecule has 0 heterocycles. The van der Waals surface area contributed by atoms with Gasteiger partial charge >= 0.3 is 6.03 Å². The number of hydrogen-bond acceptors (Lipinski definition) is 2. The van der Waals surface area contributed by atoms with Gasteiger partial charge in [-0.05, 0) is 48.6 Å². The highest BCUT2D eigenvalue weighted by molar-refractivity contribution is 5.96. The molecule has 0 fully saturated rings. The third kappa shape index (κ3) is 3.74. The molecule has 0 aromatic heterocycles. The molecular formula is C19H21N3O2. The Morgan fingerprint density at radius 2 is 1.83 bits per heavy atom. The van der Waals surface area contributed by atoms with Crippen molar-refractivity contribution in [2.24, 2.45) is 0 Å². The van der Waals surface area contributed by atoms with Crippen LogP contribution in [0.15, 0.2) is 48.5 Å². The molecule has 5 heteroatoms. The first kappa shape index (κ1) is 16.1. The van der Waals surface area contributed by atoms with E-state index in [1.807, 2.05) is 6.07 Å². The summed E-state index contributed by atoms with van der Waals surface area (Å²) in [5, 5.41) is 8.39. The van der Waals surface area contributed by atoms with Gasteiger partial charge in [0.1, 0.15) is 0 Å². The smallest absolute Gasteiger partial charge is 0.319 e. The van der Waals surface area contributed by atoms with Crippen LogP contribution in [0, 0.1) is 0 Å². The molecule has 0 bridgehead atoms. The zero-order valence-corrected chi connectivity index (χ0v) is 13.6. The van der Waals surface area contributed by atoms with Crippen LogP contribution < -0.4 is 16.0 Å². The molecule has 1 atom stereocenters. The summed E-state index contributed by atoms with van der Waals surface area (Å²) in [4.78, 5) is 23.9. The normalized spacial score (nSPS) is 16.0. The fourth-order valence-corrected chi connectivity index (χ4v) is 3.06. The van der Waals surface area contributed by atoms with Crippen LogP contribution in [0.25, 0.3) is 0 Å². The van der Waals surface area contributed by atoms with E-state index in [0.29, 0.717) is 11.3 Å². The van der Waals surface area contributed by atoms with E-state index in [1.54, 1.807) is 31.3 Å². The third-order valence-electron chi connectivity index (χ3n) is 4.29. The molecule has 3 amide bonds. The highest BCUT2D eigenvalue weighted by Crippen LogP contribution is 2.21. The molecular weight excluding hydrogens is 302 g/mol. The summed E-state index contributed by atoms with van der Waals surface area (Å²) < 4.78 is 0. The molecule has 1 aliphatic carbocycles. The molecule has 24 heavy (non-hydrogen) atoms. The van der Waals surface area contributed by atoms with Crippen molar-refractivity contribution in [1.29, 1.82) is 0 Å². The molecule has 0 saturated carbocycles. The molecule has 3 N–H and O–H groups in total. The van der Waals surface area contributed by atoms with Crippen molar-refractivity contribution in [2.45, 2.75) is 25.3 Å². The first-order chi connectivity index (χ1) is 11.7. The van der Waals surface area contributed by atoms with E-state index < -0.39 is 0 Å². The van der Waals surface area contributed by atoms with Crippen LogP contribution in [0.2, 0.25) is 0 Å². The van der Waals surface area contributed by atoms with E-state index in [9.17, 15) is 9.59 Å². The predicted molar refractivity (Wildman–Crippen MR) is 94.2 cm³/mol. The molecule has 124 valence electrons. The molecule has 2 aromatic rings. The van der Waals surface area contributed by atoms with Gasteiger partial charge in [0.2, 0.25) is 0 Å². The fraction of sp³-hybridized carbons (Fsp3) is 0.263. The van der Waals surface area contributed by atoms with Gasteiger partial charge in [0.25, 0.3) is 5.91 Å². The molecule has 2 aromatic carbocycles. The van der Waals surface area contributed by atoms with Gasteiger partial charge in [-0.2, -0.15) is 0 Å². The Labute approximate surface area is 141 Å². The van der Waals surface area contributed by atoms with E-state index in [-0.39, 0.29) is 18.0 Å². The number of carbonyl (C=O) groups is 2. The van der Waals surface area contributed by atoms with E-state index in [2.05, 4.69) is 34.1 Å². The highest BCUT2D eigenvalue weighted by Gasteiger charge is 2.19. The maximum atomic E-state index is 12.2. The van der Waals surface area contributed by atoms with Gasteiger partial charge in [0, 0.05) is 24.3 Å². The van der Waals surface area contributed by atoms with Crippen LogP contribution in [-0.4, -0.2) is 25.0 Å². The van der Waals surface area contributed by atoms with Gasteiger partial charge in [-0.1, -0.05) is 30.3 Å². The van der Waals surface area contributed by atoms with Gasteiger partial charge in [-0.15, -0.1) is 0 Å². The fourth-order valence-electron chi connectivity index (χ4n) is 3.06. The second kappa shape index (κ2) is 7.17. The summed E-state index contributed by atoms with van der Waals surface area (Å²) in [6.07, 6.45) is 2.76. The SMILES string of the molecule is CNC(=O)c1cccc(NC(=O)NC2CCc3ccccc3C2)c1. The predicted octanol–water partition coefficient (Wildman–Crippen LogP) is 2.73. The van der Waals surface area contributed by atoms with Crippen LogP contribution in [0.3, 0.4) is 0 Å². The Morgan fingerprint density at radius 3 is 2.62 bits per heavy atom. The summed E-state index contributed by atoms with van der Waals surface area (Å²) in [6, 6.07) is 15.1. The van der Waals surface area contributed by atoms with Crippen molar-refractivity contribution >= 4 is 17.6 Å². The average Bonchev–Trinajstić information content (AvgIpc) is 2.61. The molecule has 3 rings (SSSR count). The van der Waals surface area contributed by atoms with Crippen LogP contribution >= 0.6 is 0 Å². The maximum Gasteiger partial charge on any atom is 0.319 e. The van der Waals surface area contributed by atoms with Crippen molar-refractivity contribution in [3.05, 3.63) is 65.2 Å². The minimum Gasteiger partial charge on any atom is -0.355 e. The molecule has 0 saturated heterocycles. The van der Waals surface area contributed by atoms with E-state index in [4.69, 9.17) is 0 Å². The minimum atomic E-state index is -0.242. The highest BCUT2D eigenvalue weighted by atomic mass is 16.2. The Hall–Kier alpha value is -2.82. The van der Waals surface area contributed by atoms with Crippen molar-refractivity contribution in [1.82, 2.24) is 10.6 Å². The zero-order chi connectivity index (χ0) is 16.9. The lowest BCUT2D eigenvalue weighted by molar-refractivity contribution is 0.0963. The summed E-state index contributed by atoms with van der Waals surface area (Å²) >= 11 is 0. The van der Waals surface area contributed by atoms with Gasteiger partial charge < -0.3 is 16.0 Å². The van der Waals surface area contributed by atoms with Crippen LogP contribution in [0.4, 0.5) is 10.5 Å². The van der Waals surface area contributed by atoms with Crippen LogP contribution in [-0.2, 0) is 12.8 Å². The van der Waals surface area contributed by atoms with Gasteiger partial charge in [0.15, 0.2) is 0 Å². The lowest BCUT2D eigenvalue weighted by Gasteiger charge is -2.25. The first-order valence-corrected chi connectivity index (χ1v) is 8.12. The van der Waals surface area contributed by atoms with Gasteiger partial charge in [-0.3, -0.25) is 4.79 Å². The molecule has 5 nitrogen and oxygen atoms in total. The number of nitrogens with one attached hydrogen (secondary N) is 3. The summed E-state index contributed by atoms with van der Waals surface area (Å²) in [5.74, 6) is -0.178. The monoisotopic (exact) mass is 323 g/mol. The number of amides is 3. The number of anilines is 1. The van der Waals surface area contributed by atoms with Crippen molar-refractivity contribution in [3.8, 4) is 0 Å². The van der Waals surface area contributed by atoms with Crippen molar-refractivity contribution in [3.63, 3.8) is 0 Å². The first-order valence-electron chi connectivity index (χ1n) is 8.12. The Kier molecular flexibility index (Phi) is 4.79. The summed E-state index contributed by atoms with van der Waals surface area (Å²) in [6.45, 7) is 0. The topological polar surface area (TPSA) is 70.2 Å². The zero-order valence-electron chi connectivity index (χ0n) is 13.6. The Balaban J connectivity index is 1.60. The average molecular weight is 323 g/mol. The largest absolute Gasteiger partial charge is 0.355 e. The molecule has 0 aliphatic heterocycles. The quantitative estimate of drug-likeness (QED) is 0.813. The molecule has 0 spiro atoms. The third-order valence-corrected chi connectivity index (χ3v) is 4.29. The molecule has 1 aliphatic rings. The Morgan fingerprint density at radius 1 is 1.04 bits per heavy atom. The number of rotatable bonds is 3. The minimum absolute atomic E-state index is 0.127. The van der Waals surface area contributed by atoms with Gasteiger partial charge in [-0.25, -0.2) is 4.79 Å². The van der Waals surface area contributed by atoms with Crippen molar-refractivity contribution < 1.29 is 9.59 Å². The number of fused-ring (bicyclic) bond motifs is 1.